The van der Waals surface area contributed by atoms with E-state index in [1.54, 1.807) is 6.92 Å². The molecule has 0 spiro atoms. The van der Waals surface area contributed by atoms with E-state index >= 15 is 0 Å². The maximum atomic E-state index is 5.04. The van der Waals surface area contributed by atoms with Crippen LogP contribution in [0.15, 0.2) is 30.3 Å². The van der Waals surface area contributed by atoms with Crippen molar-refractivity contribution in [3.63, 3.8) is 0 Å². The van der Waals surface area contributed by atoms with Crippen LogP contribution in [-0.2, 0) is 25.8 Å². The summed E-state index contributed by atoms with van der Waals surface area (Å²) in [5.41, 5.74) is 10.2. The van der Waals surface area contributed by atoms with E-state index in [4.69, 9.17) is 23.2 Å². The van der Waals surface area contributed by atoms with Crippen LogP contribution in [0.2, 0.25) is 0 Å². The first-order chi connectivity index (χ1) is 10.3. The van der Waals surface area contributed by atoms with Crippen molar-refractivity contribution in [3.05, 3.63) is 69.3 Å². The predicted molar refractivity (Wildman–Crippen MR) is 99.5 cm³/mol. The normalized spacial score (nSPS) is 15.0. The van der Waals surface area contributed by atoms with Crippen molar-refractivity contribution in [1.82, 2.24) is 0 Å². The Hall–Kier alpha value is -0.240. The van der Waals surface area contributed by atoms with Crippen LogP contribution >= 0.6 is 23.2 Å². The molecule has 0 amide bonds. The molecule has 0 bridgehead atoms. The van der Waals surface area contributed by atoms with E-state index in [1.807, 2.05) is 0 Å². The summed E-state index contributed by atoms with van der Waals surface area (Å²) >= 11 is 10.1. The Morgan fingerprint density at radius 3 is 1.96 bits per heavy atom. The van der Waals surface area contributed by atoms with Crippen LogP contribution in [0.25, 0.3) is 6.08 Å². The standard InChI is InChI=1S/C18H19.C2H4Cl2.Hf/c1-11-12(2)14(4)18(13(11)3)17-10-9-15-7-5-6-8-16(15)17;1-2(3)4;/h5-10,17H,1-4H3;2H,1H3;/q-1;;+4. The second-order valence-corrected chi connectivity index (χ2v) is 7.43. The molecular weight excluding hydrogens is 490 g/mol. The molecule has 1 unspecified atom stereocenters. The molecule has 0 aliphatic heterocycles. The minimum absolute atomic E-state index is 0. The SMILES string of the molecule is CC(Cl)Cl.Cc1c(C)c(C)[c-](C2C=Cc3ccccc32)c1C.[Hf+4]. The van der Waals surface area contributed by atoms with Gasteiger partial charge in [0.15, 0.2) is 0 Å². The van der Waals surface area contributed by atoms with Crippen molar-refractivity contribution < 1.29 is 25.8 Å². The fraction of sp³-hybridized carbons (Fsp3) is 0.350. The topological polar surface area (TPSA) is 0 Å². The van der Waals surface area contributed by atoms with Gasteiger partial charge in [-0.1, -0.05) is 64.1 Å². The van der Waals surface area contributed by atoms with Crippen LogP contribution < -0.4 is 0 Å². The molecule has 23 heavy (non-hydrogen) atoms. The molecule has 0 saturated carbocycles. The van der Waals surface area contributed by atoms with Crippen LogP contribution in [-0.4, -0.2) is 4.84 Å². The number of alkyl halides is 2. The van der Waals surface area contributed by atoms with E-state index in [9.17, 15) is 0 Å². The molecule has 2 aromatic carbocycles. The molecule has 0 radical (unpaired) electrons. The Kier molecular flexibility index (Phi) is 7.90. The van der Waals surface area contributed by atoms with E-state index in [-0.39, 0.29) is 30.7 Å². The summed E-state index contributed by atoms with van der Waals surface area (Å²) in [4.78, 5) is -0.222. The summed E-state index contributed by atoms with van der Waals surface area (Å²) < 4.78 is 0. The van der Waals surface area contributed by atoms with Gasteiger partial charge in [-0.3, -0.25) is 0 Å². The maximum absolute atomic E-state index is 5.04. The molecule has 0 aromatic heterocycles. The molecule has 3 rings (SSSR count). The zero-order valence-electron chi connectivity index (χ0n) is 14.4. The number of halogens is 2. The molecule has 1 aliphatic carbocycles. The molecule has 0 nitrogen and oxygen atoms in total. The van der Waals surface area contributed by atoms with E-state index in [2.05, 4.69) is 64.1 Å². The fourth-order valence-electron chi connectivity index (χ4n) is 3.22. The average molecular weight is 513 g/mol. The van der Waals surface area contributed by atoms with Gasteiger partial charge >= 0.3 is 25.8 Å². The van der Waals surface area contributed by atoms with Gasteiger partial charge in [-0.05, 0) is 24.0 Å². The molecule has 0 saturated heterocycles. The van der Waals surface area contributed by atoms with E-state index in [0.717, 1.165) is 0 Å². The smallest absolute Gasteiger partial charge is 0.196 e. The van der Waals surface area contributed by atoms with Crippen molar-refractivity contribution in [2.45, 2.75) is 45.4 Å². The Balaban J connectivity index is 0.000000478. The zero-order valence-corrected chi connectivity index (χ0v) is 19.5. The molecule has 1 atom stereocenters. The van der Waals surface area contributed by atoms with E-state index in [1.165, 1.54) is 38.9 Å². The zero-order chi connectivity index (χ0) is 16.4. The summed E-state index contributed by atoms with van der Waals surface area (Å²) in [6, 6.07) is 8.73. The molecule has 2 aromatic rings. The number of hydrogen-bond acceptors (Lipinski definition) is 0. The number of rotatable bonds is 1. The van der Waals surface area contributed by atoms with Crippen molar-refractivity contribution in [2.75, 3.05) is 0 Å². The molecule has 3 heteroatoms. The van der Waals surface area contributed by atoms with Crippen molar-refractivity contribution in [2.24, 2.45) is 0 Å². The Morgan fingerprint density at radius 2 is 1.43 bits per heavy atom. The number of benzene rings is 1. The number of hydrogen-bond donors (Lipinski definition) is 0. The molecular formula is C20H23Cl2Hf+3. The van der Waals surface area contributed by atoms with Gasteiger partial charge in [-0.25, -0.2) is 0 Å². The quantitative estimate of drug-likeness (QED) is 0.229. The van der Waals surface area contributed by atoms with Crippen LogP contribution in [0.1, 0.15) is 51.8 Å². The first-order valence-electron chi connectivity index (χ1n) is 7.62. The third-order valence-corrected chi connectivity index (χ3v) is 4.61. The van der Waals surface area contributed by atoms with Gasteiger partial charge in [-0.2, -0.15) is 22.3 Å². The van der Waals surface area contributed by atoms with Crippen LogP contribution in [0.5, 0.6) is 0 Å². The minimum atomic E-state index is -0.222. The van der Waals surface area contributed by atoms with Crippen LogP contribution in [0.4, 0.5) is 0 Å². The molecule has 0 fully saturated rings. The molecule has 0 N–H and O–H groups in total. The summed E-state index contributed by atoms with van der Waals surface area (Å²) in [6.45, 7) is 10.7. The first-order valence-corrected chi connectivity index (χ1v) is 8.50. The van der Waals surface area contributed by atoms with Crippen LogP contribution in [0, 0.1) is 27.7 Å². The van der Waals surface area contributed by atoms with Gasteiger partial charge in [0, 0.05) is 0 Å². The van der Waals surface area contributed by atoms with Crippen molar-refractivity contribution >= 4 is 29.3 Å². The first kappa shape index (κ1) is 20.8. The predicted octanol–water partition coefficient (Wildman–Crippen LogP) is 6.61. The molecule has 1 aliphatic rings. The molecule has 118 valence electrons. The second kappa shape index (κ2) is 8.74. The maximum Gasteiger partial charge on any atom is 4.00 e. The number of allylic oxidation sites excluding steroid dienone is 1. The van der Waals surface area contributed by atoms with Crippen molar-refractivity contribution in [3.8, 4) is 0 Å². The van der Waals surface area contributed by atoms with Gasteiger partial charge in [0.1, 0.15) is 4.84 Å². The van der Waals surface area contributed by atoms with Gasteiger partial charge in [0.2, 0.25) is 0 Å². The second-order valence-electron chi connectivity index (χ2n) is 5.90. The van der Waals surface area contributed by atoms with Gasteiger partial charge < -0.3 is 0 Å². The summed E-state index contributed by atoms with van der Waals surface area (Å²) in [7, 11) is 0. The Labute approximate surface area is 169 Å². The van der Waals surface area contributed by atoms with Gasteiger partial charge in [0.25, 0.3) is 0 Å². The summed E-state index contributed by atoms with van der Waals surface area (Å²) in [6.07, 6.45) is 4.61. The Morgan fingerprint density at radius 1 is 0.957 bits per heavy atom. The van der Waals surface area contributed by atoms with E-state index < -0.39 is 0 Å². The third-order valence-electron chi connectivity index (χ3n) is 4.61. The number of fused-ring (bicyclic) bond motifs is 1. The monoisotopic (exact) mass is 513 g/mol. The summed E-state index contributed by atoms with van der Waals surface area (Å²) in [5, 5.41) is 0. The largest absolute Gasteiger partial charge is 4.00 e. The molecule has 0 heterocycles. The third kappa shape index (κ3) is 4.44. The average Bonchev–Trinajstić information content (AvgIpc) is 2.96. The van der Waals surface area contributed by atoms with Gasteiger partial charge in [0.05, 0.1) is 0 Å². The van der Waals surface area contributed by atoms with Crippen LogP contribution in [0.3, 0.4) is 0 Å². The fourth-order valence-corrected chi connectivity index (χ4v) is 3.22. The minimum Gasteiger partial charge on any atom is -0.196 e. The van der Waals surface area contributed by atoms with E-state index in [0.29, 0.717) is 5.92 Å². The summed E-state index contributed by atoms with van der Waals surface area (Å²) in [5.74, 6) is 0.452. The van der Waals surface area contributed by atoms with Crippen molar-refractivity contribution in [1.29, 1.82) is 0 Å². The van der Waals surface area contributed by atoms with Gasteiger partial charge in [-0.15, -0.1) is 28.8 Å². The Bertz CT molecular complexity index is 668.